The van der Waals surface area contributed by atoms with Crippen LogP contribution in [-0.2, 0) is 6.54 Å². The molecule has 0 unspecified atom stereocenters. The lowest BCUT2D eigenvalue weighted by Gasteiger charge is -2.39. The maximum atomic E-state index is 12.4. The van der Waals surface area contributed by atoms with Crippen molar-refractivity contribution in [2.75, 3.05) is 32.7 Å². The zero-order chi connectivity index (χ0) is 16.1. The number of amides is 2. The van der Waals surface area contributed by atoms with Crippen LogP contribution in [0.5, 0.6) is 0 Å². The largest absolute Gasteiger partial charge is 0.353 e. The highest BCUT2D eigenvalue weighted by Gasteiger charge is 2.30. The number of rotatable bonds is 5. The molecule has 1 aliphatic rings. The summed E-state index contributed by atoms with van der Waals surface area (Å²) < 4.78 is 2.06. The average Bonchev–Trinajstić information content (AvgIpc) is 3.27. The van der Waals surface area contributed by atoms with Gasteiger partial charge in [0, 0.05) is 57.5 Å². The summed E-state index contributed by atoms with van der Waals surface area (Å²) in [5.74, 6) is 0.927. The average molecular weight is 316 g/mol. The number of carbonyl (C=O) groups is 1. The number of hydrogen-bond acceptors (Lipinski definition) is 3. The van der Waals surface area contributed by atoms with Gasteiger partial charge in [-0.25, -0.2) is 9.78 Å². The topological polar surface area (TPSA) is 69.2 Å². The van der Waals surface area contributed by atoms with Crippen LogP contribution in [0.25, 0.3) is 0 Å². The molecule has 3 rings (SSSR count). The lowest BCUT2D eigenvalue weighted by Crippen LogP contribution is -2.53. The predicted molar refractivity (Wildman–Crippen MR) is 88.0 cm³/mol. The zero-order valence-corrected chi connectivity index (χ0v) is 13.5. The van der Waals surface area contributed by atoms with Gasteiger partial charge in [0.15, 0.2) is 0 Å². The van der Waals surface area contributed by atoms with Gasteiger partial charge in [-0.2, -0.15) is 0 Å². The lowest BCUT2D eigenvalue weighted by molar-refractivity contribution is 0.0897. The molecule has 1 fully saturated rings. The Kier molecular flexibility index (Phi) is 4.97. The molecule has 0 aliphatic carbocycles. The van der Waals surface area contributed by atoms with Gasteiger partial charge in [0.05, 0.1) is 6.04 Å². The van der Waals surface area contributed by atoms with Crippen LogP contribution < -0.4 is 5.32 Å². The van der Waals surface area contributed by atoms with Crippen molar-refractivity contribution >= 4 is 6.03 Å². The Labute approximate surface area is 136 Å². The van der Waals surface area contributed by atoms with Crippen molar-refractivity contribution in [3.63, 3.8) is 0 Å². The van der Waals surface area contributed by atoms with Crippen LogP contribution in [0.4, 0.5) is 4.79 Å². The fourth-order valence-corrected chi connectivity index (χ4v) is 3.03. The SMILES string of the molecule is CCN1CCN(C(=O)NCCn2cccc2)C[C@@H]1c1ncc[nH]1. The predicted octanol–water partition coefficient (Wildman–Crippen LogP) is 1.30. The third-order valence-electron chi connectivity index (χ3n) is 4.33. The van der Waals surface area contributed by atoms with Crippen LogP contribution >= 0.6 is 0 Å². The Morgan fingerprint density at radius 2 is 2.22 bits per heavy atom. The van der Waals surface area contributed by atoms with Gasteiger partial charge < -0.3 is 19.8 Å². The molecule has 0 aromatic carbocycles. The second-order valence-electron chi connectivity index (χ2n) is 5.72. The number of aromatic nitrogens is 3. The van der Waals surface area contributed by atoms with Crippen LogP contribution in [0, 0.1) is 0 Å². The van der Waals surface area contributed by atoms with E-state index in [1.165, 1.54) is 0 Å². The molecule has 2 N–H and O–H groups in total. The highest BCUT2D eigenvalue weighted by molar-refractivity contribution is 5.74. The molecule has 7 nitrogen and oxygen atoms in total. The number of nitrogens with one attached hydrogen (secondary N) is 2. The maximum absolute atomic E-state index is 12.4. The minimum absolute atomic E-state index is 0.00413. The number of carbonyl (C=O) groups excluding carboxylic acids is 1. The molecule has 7 heteroatoms. The summed E-state index contributed by atoms with van der Waals surface area (Å²) in [6, 6.07) is 4.11. The molecule has 1 saturated heterocycles. The molecule has 1 aliphatic heterocycles. The summed E-state index contributed by atoms with van der Waals surface area (Å²) in [6.45, 7) is 6.80. The van der Waals surface area contributed by atoms with Crippen molar-refractivity contribution in [2.24, 2.45) is 0 Å². The molecule has 0 bridgehead atoms. The Balaban J connectivity index is 1.54. The standard InChI is InChI=1S/C16H24N6O/c1-2-21-11-12-22(13-14(21)15-17-5-6-18-15)16(23)19-7-10-20-8-3-4-9-20/h3-6,8-9,14H,2,7,10-13H2,1H3,(H,17,18)(H,19,23)/t14-/m1/s1. The van der Waals surface area contributed by atoms with Gasteiger partial charge in [-0.3, -0.25) is 4.90 Å². The monoisotopic (exact) mass is 316 g/mol. The number of hydrogen-bond donors (Lipinski definition) is 2. The Morgan fingerprint density at radius 3 is 2.91 bits per heavy atom. The van der Waals surface area contributed by atoms with Crippen LogP contribution in [0.2, 0.25) is 0 Å². The molecule has 0 saturated carbocycles. The van der Waals surface area contributed by atoms with Crippen molar-refractivity contribution in [1.29, 1.82) is 0 Å². The van der Waals surface area contributed by atoms with Crippen LogP contribution in [0.1, 0.15) is 18.8 Å². The van der Waals surface area contributed by atoms with Gasteiger partial charge >= 0.3 is 6.03 Å². The van der Waals surface area contributed by atoms with E-state index in [1.54, 1.807) is 6.20 Å². The third kappa shape index (κ3) is 3.73. The Hall–Kier alpha value is -2.28. The summed E-state index contributed by atoms with van der Waals surface area (Å²) in [7, 11) is 0. The molecular formula is C16H24N6O. The molecular weight excluding hydrogens is 292 g/mol. The van der Waals surface area contributed by atoms with E-state index in [0.29, 0.717) is 13.1 Å². The Morgan fingerprint density at radius 1 is 1.39 bits per heavy atom. The first-order valence-electron chi connectivity index (χ1n) is 8.14. The van der Waals surface area contributed by atoms with Crippen molar-refractivity contribution < 1.29 is 4.79 Å². The summed E-state index contributed by atoms with van der Waals surface area (Å²) >= 11 is 0. The van der Waals surface area contributed by atoms with Crippen molar-refractivity contribution in [3.8, 4) is 0 Å². The first-order valence-corrected chi connectivity index (χ1v) is 8.14. The number of imidazole rings is 1. The number of aromatic amines is 1. The zero-order valence-electron chi connectivity index (χ0n) is 13.5. The number of nitrogens with zero attached hydrogens (tertiary/aromatic N) is 4. The van der Waals surface area contributed by atoms with E-state index in [2.05, 4.69) is 31.7 Å². The normalized spacial score (nSPS) is 19.0. The fourth-order valence-electron chi connectivity index (χ4n) is 3.03. The minimum Gasteiger partial charge on any atom is -0.353 e. The third-order valence-corrected chi connectivity index (χ3v) is 4.33. The highest BCUT2D eigenvalue weighted by Crippen LogP contribution is 2.22. The maximum Gasteiger partial charge on any atom is 0.317 e. The van der Waals surface area contributed by atoms with E-state index in [0.717, 1.165) is 32.0 Å². The van der Waals surface area contributed by atoms with Crippen LogP contribution in [0.3, 0.4) is 0 Å². The van der Waals surface area contributed by atoms with E-state index in [-0.39, 0.29) is 12.1 Å². The van der Waals surface area contributed by atoms with E-state index in [1.807, 2.05) is 35.6 Å². The Bertz CT molecular complexity index is 594. The lowest BCUT2D eigenvalue weighted by atomic mass is 10.1. The first-order chi connectivity index (χ1) is 11.3. The van der Waals surface area contributed by atoms with Gasteiger partial charge in [0.25, 0.3) is 0 Å². The summed E-state index contributed by atoms with van der Waals surface area (Å²) in [5, 5.41) is 3.01. The summed E-state index contributed by atoms with van der Waals surface area (Å²) in [6.07, 6.45) is 7.59. The van der Waals surface area contributed by atoms with Crippen molar-refractivity contribution in [2.45, 2.75) is 19.5 Å². The number of likely N-dealkylation sites (N-methyl/N-ethyl adjacent to an activating group) is 1. The summed E-state index contributed by atoms with van der Waals surface area (Å²) in [5.41, 5.74) is 0. The number of H-pyrrole nitrogens is 1. The highest BCUT2D eigenvalue weighted by atomic mass is 16.2. The number of piperazine rings is 1. The van der Waals surface area contributed by atoms with Crippen LogP contribution in [-0.4, -0.2) is 63.1 Å². The molecule has 2 aromatic rings. The van der Waals surface area contributed by atoms with Crippen LogP contribution in [0.15, 0.2) is 36.9 Å². The van der Waals surface area contributed by atoms with E-state index >= 15 is 0 Å². The molecule has 124 valence electrons. The van der Waals surface area contributed by atoms with Gasteiger partial charge in [-0.15, -0.1) is 0 Å². The smallest absolute Gasteiger partial charge is 0.317 e. The molecule has 2 amide bonds. The molecule has 0 radical (unpaired) electrons. The van der Waals surface area contributed by atoms with E-state index in [4.69, 9.17) is 0 Å². The number of urea groups is 1. The van der Waals surface area contributed by atoms with Gasteiger partial charge in [-0.05, 0) is 18.7 Å². The molecule has 23 heavy (non-hydrogen) atoms. The van der Waals surface area contributed by atoms with Gasteiger partial charge in [-0.1, -0.05) is 6.92 Å². The first kappa shape index (κ1) is 15.6. The van der Waals surface area contributed by atoms with Crippen molar-refractivity contribution in [1.82, 2.24) is 29.7 Å². The quantitative estimate of drug-likeness (QED) is 0.873. The molecule has 1 atom stereocenters. The van der Waals surface area contributed by atoms with Gasteiger partial charge in [0.1, 0.15) is 5.82 Å². The van der Waals surface area contributed by atoms with E-state index < -0.39 is 0 Å². The molecule has 3 heterocycles. The van der Waals surface area contributed by atoms with E-state index in [9.17, 15) is 4.79 Å². The van der Waals surface area contributed by atoms with Gasteiger partial charge in [0.2, 0.25) is 0 Å². The second-order valence-corrected chi connectivity index (χ2v) is 5.72. The van der Waals surface area contributed by atoms with Crippen molar-refractivity contribution in [3.05, 3.63) is 42.7 Å². The fraction of sp³-hybridized carbons (Fsp3) is 0.500. The second kappa shape index (κ2) is 7.32. The minimum atomic E-state index is 0.00413. The molecule has 2 aromatic heterocycles. The molecule has 0 spiro atoms. The summed E-state index contributed by atoms with van der Waals surface area (Å²) in [4.78, 5) is 24.2.